The van der Waals surface area contributed by atoms with Crippen LogP contribution < -0.4 is 16.0 Å². The van der Waals surface area contributed by atoms with Gasteiger partial charge in [-0.25, -0.2) is 24.0 Å². The Morgan fingerprint density at radius 1 is 1.30 bits per heavy atom. The Morgan fingerprint density at radius 3 is 2.65 bits per heavy atom. The van der Waals surface area contributed by atoms with Gasteiger partial charge in [0.1, 0.15) is 10.7 Å². The molecule has 1 aromatic rings. The van der Waals surface area contributed by atoms with Crippen molar-refractivity contribution >= 4 is 15.8 Å². The normalized spacial score (nSPS) is 11.5. The van der Waals surface area contributed by atoms with Gasteiger partial charge in [-0.1, -0.05) is 13.3 Å². The predicted octanol–water partition coefficient (Wildman–Crippen LogP) is 0.852. The van der Waals surface area contributed by atoms with Gasteiger partial charge in [0.15, 0.2) is 0 Å². The molecule has 0 atom stereocenters. The minimum absolute atomic E-state index is 0.114. The third kappa shape index (κ3) is 5.83. The molecule has 0 saturated carbocycles. The molecular formula is C12H22N4O3S. The number of pyridine rings is 1. The van der Waals surface area contributed by atoms with Crippen LogP contribution >= 0.6 is 0 Å². The molecule has 0 radical (unpaired) electrons. The van der Waals surface area contributed by atoms with Gasteiger partial charge in [0.25, 0.3) is 0 Å². The number of nitrogen functional groups attached to an aromatic ring is 1. The first-order valence-corrected chi connectivity index (χ1v) is 8.08. The van der Waals surface area contributed by atoms with Crippen LogP contribution in [0, 0.1) is 0 Å². The van der Waals surface area contributed by atoms with Crippen molar-refractivity contribution in [2.24, 2.45) is 5.84 Å². The number of hydrogen-bond donors (Lipinski definition) is 3. The summed E-state index contributed by atoms with van der Waals surface area (Å²) in [5, 5.41) is 0. The first-order chi connectivity index (χ1) is 9.60. The van der Waals surface area contributed by atoms with Gasteiger partial charge in [-0.2, -0.15) is 0 Å². The standard InChI is InChI=1S/C12H22N4O3S/c1-2-3-8-19-9-4-7-15-20(17,18)11-5-6-12(16-13)14-10-11/h5-6,10,15H,2-4,7-9,13H2,1H3,(H,14,16). The molecule has 0 saturated heterocycles. The number of nitrogens with two attached hydrogens (primary N) is 1. The summed E-state index contributed by atoms with van der Waals surface area (Å²) in [6, 6.07) is 2.95. The molecule has 20 heavy (non-hydrogen) atoms. The van der Waals surface area contributed by atoms with E-state index in [0.717, 1.165) is 19.4 Å². The largest absolute Gasteiger partial charge is 0.381 e. The van der Waals surface area contributed by atoms with Crippen LogP contribution in [-0.2, 0) is 14.8 Å². The number of rotatable bonds is 10. The molecule has 0 fully saturated rings. The minimum atomic E-state index is -3.52. The van der Waals surface area contributed by atoms with E-state index in [1.54, 1.807) is 0 Å². The highest BCUT2D eigenvalue weighted by Gasteiger charge is 2.13. The number of nitrogens with zero attached hydrogens (tertiary/aromatic N) is 1. The summed E-state index contributed by atoms with van der Waals surface area (Å²) in [7, 11) is -3.52. The van der Waals surface area contributed by atoms with Crippen LogP contribution in [0.15, 0.2) is 23.2 Å². The average Bonchev–Trinajstić information content (AvgIpc) is 2.46. The fraction of sp³-hybridized carbons (Fsp3) is 0.583. The number of hydrogen-bond acceptors (Lipinski definition) is 6. The van der Waals surface area contributed by atoms with Crippen LogP contribution in [0.3, 0.4) is 0 Å². The third-order valence-electron chi connectivity index (χ3n) is 2.59. The van der Waals surface area contributed by atoms with Crippen molar-refractivity contribution in [1.82, 2.24) is 9.71 Å². The molecular weight excluding hydrogens is 280 g/mol. The van der Waals surface area contributed by atoms with Gasteiger partial charge < -0.3 is 10.2 Å². The number of nitrogens with one attached hydrogen (secondary N) is 2. The predicted molar refractivity (Wildman–Crippen MR) is 77.6 cm³/mol. The van der Waals surface area contributed by atoms with Crippen LogP contribution in [0.25, 0.3) is 0 Å². The van der Waals surface area contributed by atoms with Crippen LogP contribution in [0.2, 0.25) is 0 Å². The van der Waals surface area contributed by atoms with E-state index in [0.29, 0.717) is 25.4 Å². The lowest BCUT2D eigenvalue weighted by Crippen LogP contribution is -2.25. The van der Waals surface area contributed by atoms with Crippen LogP contribution in [0.5, 0.6) is 0 Å². The molecule has 0 spiro atoms. The van der Waals surface area contributed by atoms with Gasteiger partial charge in [0, 0.05) is 26.0 Å². The second kappa shape index (κ2) is 8.85. The van der Waals surface area contributed by atoms with Gasteiger partial charge in [-0.05, 0) is 25.0 Å². The summed E-state index contributed by atoms with van der Waals surface area (Å²) in [6.07, 6.45) is 4.01. The maximum Gasteiger partial charge on any atom is 0.242 e. The maximum absolute atomic E-state index is 11.9. The van der Waals surface area contributed by atoms with Crippen LogP contribution in [0.1, 0.15) is 26.2 Å². The smallest absolute Gasteiger partial charge is 0.242 e. The van der Waals surface area contributed by atoms with Gasteiger partial charge >= 0.3 is 0 Å². The molecule has 0 aliphatic heterocycles. The van der Waals surface area contributed by atoms with E-state index in [1.165, 1.54) is 18.3 Å². The van der Waals surface area contributed by atoms with E-state index in [4.69, 9.17) is 10.6 Å². The monoisotopic (exact) mass is 302 g/mol. The molecule has 4 N–H and O–H groups in total. The van der Waals surface area contributed by atoms with Gasteiger partial charge in [-0.3, -0.25) is 0 Å². The summed E-state index contributed by atoms with van der Waals surface area (Å²) in [4.78, 5) is 3.98. The Bertz CT molecular complexity index is 476. The molecule has 8 heteroatoms. The van der Waals surface area contributed by atoms with E-state index in [2.05, 4.69) is 22.1 Å². The summed E-state index contributed by atoms with van der Waals surface area (Å²) >= 11 is 0. The fourth-order valence-corrected chi connectivity index (χ4v) is 2.46. The molecule has 0 aliphatic rings. The van der Waals surface area contributed by atoms with Gasteiger partial charge in [0.05, 0.1) is 0 Å². The number of hydrazine groups is 1. The van der Waals surface area contributed by atoms with Gasteiger partial charge in [0.2, 0.25) is 10.0 Å². The van der Waals surface area contributed by atoms with E-state index in [9.17, 15) is 8.42 Å². The van der Waals surface area contributed by atoms with Crippen molar-refractivity contribution in [3.63, 3.8) is 0 Å². The lowest BCUT2D eigenvalue weighted by atomic mass is 10.4. The molecule has 7 nitrogen and oxygen atoms in total. The van der Waals surface area contributed by atoms with Crippen molar-refractivity contribution in [2.75, 3.05) is 25.2 Å². The number of anilines is 1. The van der Waals surface area contributed by atoms with E-state index >= 15 is 0 Å². The SMILES string of the molecule is CCCCOCCCNS(=O)(=O)c1ccc(NN)nc1. The Labute approximate surface area is 119 Å². The zero-order chi connectivity index (χ0) is 14.8. The van der Waals surface area contributed by atoms with Crippen molar-refractivity contribution in [3.8, 4) is 0 Å². The highest BCUT2D eigenvalue weighted by atomic mass is 32.2. The first kappa shape index (κ1) is 16.8. The zero-order valence-corrected chi connectivity index (χ0v) is 12.4. The summed E-state index contributed by atoms with van der Waals surface area (Å²) in [6.45, 7) is 3.71. The second-order valence-corrected chi connectivity index (χ2v) is 6.01. The summed E-state index contributed by atoms with van der Waals surface area (Å²) in [5.41, 5.74) is 2.34. The third-order valence-corrected chi connectivity index (χ3v) is 4.04. The van der Waals surface area contributed by atoms with Crippen LogP contribution in [-0.4, -0.2) is 33.2 Å². The Morgan fingerprint density at radius 2 is 2.05 bits per heavy atom. The Kier molecular flexibility index (Phi) is 7.45. The molecule has 1 rings (SSSR count). The molecule has 114 valence electrons. The number of sulfonamides is 1. The molecule has 0 amide bonds. The molecule has 1 heterocycles. The molecule has 0 aromatic carbocycles. The molecule has 0 unspecified atom stereocenters. The minimum Gasteiger partial charge on any atom is -0.381 e. The van der Waals surface area contributed by atoms with Crippen molar-refractivity contribution in [2.45, 2.75) is 31.1 Å². The number of aromatic nitrogens is 1. The summed E-state index contributed by atoms with van der Waals surface area (Å²) in [5.74, 6) is 5.58. The average molecular weight is 302 g/mol. The first-order valence-electron chi connectivity index (χ1n) is 6.60. The van der Waals surface area contributed by atoms with Crippen LogP contribution in [0.4, 0.5) is 5.82 Å². The number of unbranched alkanes of at least 4 members (excludes halogenated alkanes) is 1. The van der Waals surface area contributed by atoms with Crippen molar-refractivity contribution in [1.29, 1.82) is 0 Å². The van der Waals surface area contributed by atoms with Crippen molar-refractivity contribution < 1.29 is 13.2 Å². The molecule has 1 aromatic heterocycles. The topological polar surface area (TPSA) is 106 Å². The molecule has 0 bridgehead atoms. The fourth-order valence-electron chi connectivity index (χ4n) is 1.44. The maximum atomic E-state index is 11.9. The van der Waals surface area contributed by atoms with Crippen molar-refractivity contribution in [3.05, 3.63) is 18.3 Å². The highest BCUT2D eigenvalue weighted by Crippen LogP contribution is 2.09. The summed E-state index contributed by atoms with van der Waals surface area (Å²) < 4.78 is 31.7. The zero-order valence-electron chi connectivity index (χ0n) is 11.6. The van der Waals surface area contributed by atoms with E-state index in [-0.39, 0.29) is 4.90 Å². The Hall–Kier alpha value is -1.22. The Balaban J connectivity index is 2.33. The lowest BCUT2D eigenvalue weighted by molar-refractivity contribution is 0.130. The number of ether oxygens (including phenoxy) is 1. The molecule has 0 aliphatic carbocycles. The quantitative estimate of drug-likeness (QED) is 0.336. The van der Waals surface area contributed by atoms with E-state index in [1.807, 2.05) is 0 Å². The second-order valence-electron chi connectivity index (χ2n) is 4.24. The van der Waals surface area contributed by atoms with Gasteiger partial charge in [-0.15, -0.1) is 0 Å². The lowest BCUT2D eigenvalue weighted by Gasteiger charge is -2.07. The highest BCUT2D eigenvalue weighted by molar-refractivity contribution is 7.89. The van der Waals surface area contributed by atoms with E-state index < -0.39 is 10.0 Å².